The van der Waals surface area contributed by atoms with Crippen molar-refractivity contribution >= 4 is 11.6 Å². The molecule has 1 aromatic carbocycles. The second kappa shape index (κ2) is 8.49. The molecule has 1 N–H and O–H groups in total. The van der Waals surface area contributed by atoms with E-state index in [4.69, 9.17) is 11.6 Å². The third kappa shape index (κ3) is 4.95. The Morgan fingerprint density at radius 2 is 2.00 bits per heavy atom. The third-order valence-corrected chi connectivity index (χ3v) is 3.37. The molecule has 0 spiro atoms. The highest BCUT2D eigenvalue weighted by Gasteiger charge is 2.12. The molecular formula is C15H23ClFN. The van der Waals surface area contributed by atoms with Gasteiger partial charge in [0.25, 0.3) is 0 Å². The van der Waals surface area contributed by atoms with E-state index in [1.54, 1.807) is 6.07 Å². The predicted molar refractivity (Wildman–Crippen MR) is 76.6 cm³/mol. The van der Waals surface area contributed by atoms with E-state index < -0.39 is 0 Å². The Hall–Kier alpha value is -0.600. The fourth-order valence-electron chi connectivity index (χ4n) is 2.03. The fourth-order valence-corrected chi connectivity index (χ4v) is 2.22. The number of rotatable bonds is 8. The van der Waals surface area contributed by atoms with Crippen LogP contribution in [0.3, 0.4) is 0 Å². The molecule has 0 saturated carbocycles. The van der Waals surface area contributed by atoms with Crippen LogP contribution < -0.4 is 5.32 Å². The van der Waals surface area contributed by atoms with Gasteiger partial charge in [-0.1, -0.05) is 50.8 Å². The maximum atomic E-state index is 13.2. The van der Waals surface area contributed by atoms with E-state index >= 15 is 0 Å². The van der Waals surface area contributed by atoms with E-state index in [1.807, 2.05) is 6.07 Å². The van der Waals surface area contributed by atoms with Crippen molar-refractivity contribution < 1.29 is 4.39 Å². The first-order valence-electron chi connectivity index (χ1n) is 6.87. The van der Waals surface area contributed by atoms with Gasteiger partial charge in [0, 0.05) is 6.04 Å². The molecule has 1 rings (SSSR count). The van der Waals surface area contributed by atoms with Crippen LogP contribution in [0, 0.1) is 5.82 Å². The molecule has 0 saturated heterocycles. The summed E-state index contributed by atoms with van der Waals surface area (Å²) in [6, 6.07) is 5.32. The van der Waals surface area contributed by atoms with Crippen LogP contribution in [0.5, 0.6) is 0 Å². The van der Waals surface area contributed by atoms with Gasteiger partial charge in [0.1, 0.15) is 5.82 Å². The van der Waals surface area contributed by atoms with Gasteiger partial charge >= 0.3 is 0 Å². The summed E-state index contributed by atoms with van der Waals surface area (Å²) in [5, 5.41) is 3.72. The Bertz CT molecular complexity index is 354. The minimum atomic E-state index is -0.344. The zero-order valence-electron chi connectivity index (χ0n) is 11.3. The molecule has 0 aromatic heterocycles. The SMILES string of the molecule is CCCCCC(NCCC)c1ccc(F)c(Cl)c1. The Morgan fingerprint density at radius 3 is 2.61 bits per heavy atom. The molecule has 1 unspecified atom stereocenters. The van der Waals surface area contributed by atoms with E-state index in [0.29, 0.717) is 0 Å². The number of nitrogens with one attached hydrogen (secondary N) is 1. The van der Waals surface area contributed by atoms with Crippen LogP contribution >= 0.6 is 11.6 Å². The maximum absolute atomic E-state index is 13.2. The molecule has 0 amide bonds. The highest BCUT2D eigenvalue weighted by molar-refractivity contribution is 6.30. The molecule has 18 heavy (non-hydrogen) atoms. The first-order chi connectivity index (χ1) is 8.69. The van der Waals surface area contributed by atoms with E-state index in [0.717, 1.165) is 24.9 Å². The van der Waals surface area contributed by atoms with Crippen LogP contribution in [0.15, 0.2) is 18.2 Å². The zero-order chi connectivity index (χ0) is 13.4. The van der Waals surface area contributed by atoms with Gasteiger partial charge in [0.15, 0.2) is 0 Å². The van der Waals surface area contributed by atoms with Crippen LogP contribution in [0.25, 0.3) is 0 Å². The monoisotopic (exact) mass is 271 g/mol. The van der Waals surface area contributed by atoms with Crippen molar-refractivity contribution in [1.29, 1.82) is 0 Å². The van der Waals surface area contributed by atoms with Crippen molar-refractivity contribution in [2.45, 2.75) is 52.0 Å². The molecule has 0 radical (unpaired) electrons. The second-order valence-electron chi connectivity index (χ2n) is 4.68. The second-order valence-corrected chi connectivity index (χ2v) is 5.08. The number of benzene rings is 1. The average molecular weight is 272 g/mol. The van der Waals surface area contributed by atoms with Crippen molar-refractivity contribution in [3.63, 3.8) is 0 Å². The summed E-state index contributed by atoms with van der Waals surface area (Å²) in [6.07, 6.45) is 5.81. The molecule has 1 aromatic rings. The van der Waals surface area contributed by atoms with Crippen LogP contribution in [0.1, 0.15) is 57.6 Å². The smallest absolute Gasteiger partial charge is 0.141 e. The van der Waals surface area contributed by atoms with E-state index in [1.165, 1.54) is 25.3 Å². The summed E-state index contributed by atoms with van der Waals surface area (Å²) in [5.74, 6) is -0.344. The summed E-state index contributed by atoms with van der Waals surface area (Å²) in [6.45, 7) is 5.32. The maximum Gasteiger partial charge on any atom is 0.141 e. The van der Waals surface area contributed by atoms with Crippen LogP contribution in [-0.4, -0.2) is 6.54 Å². The van der Waals surface area contributed by atoms with Gasteiger partial charge in [0.2, 0.25) is 0 Å². The summed E-state index contributed by atoms with van der Waals surface area (Å²) in [7, 11) is 0. The average Bonchev–Trinajstić information content (AvgIpc) is 2.37. The molecule has 0 aliphatic carbocycles. The van der Waals surface area contributed by atoms with E-state index in [-0.39, 0.29) is 16.9 Å². The van der Waals surface area contributed by atoms with E-state index in [9.17, 15) is 4.39 Å². The topological polar surface area (TPSA) is 12.0 Å². The van der Waals surface area contributed by atoms with Gasteiger partial charge in [0.05, 0.1) is 5.02 Å². The Morgan fingerprint density at radius 1 is 1.22 bits per heavy atom. The zero-order valence-corrected chi connectivity index (χ0v) is 12.1. The predicted octanol–water partition coefficient (Wildman–Crippen LogP) is 5.10. The quantitative estimate of drug-likeness (QED) is 0.649. The van der Waals surface area contributed by atoms with Gasteiger partial charge in [-0.2, -0.15) is 0 Å². The van der Waals surface area contributed by atoms with Crippen molar-refractivity contribution in [3.05, 3.63) is 34.6 Å². The molecule has 0 aliphatic heterocycles. The highest BCUT2D eigenvalue weighted by atomic mass is 35.5. The fraction of sp³-hybridized carbons (Fsp3) is 0.600. The number of unbranched alkanes of at least 4 members (excludes halogenated alkanes) is 2. The largest absolute Gasteiger partial charge is 0.310 e. The lowest BCUT2D eigenvalue weighted by Gasteiger charge is -2.19. The molecule has 0 heterocycles. The first-order valence-corrected chi connectivity index (χ1v) is 7.25. The minimum absolute atomic E-state index is 0.214. The molecule has 0 aliphatic rings. The summed E-state index contributed by atoms with van der Waals surface area (Å²) >= 11 is 5.85. The van der Waals surface area contributed by atoms with Crippen LogP contribution in [0.2, 0.25) is 5.02 Å². The lowest BCUT2D eigenvalue weighted by atomic mass is 10.00. The standard InChI is InChI=1S/C15H23ClFN/c1-3-5-6-7-15(18-10-4-2)12-8-9-14(17)13(16)11-12/h8-9,11,15,18H,3-7,10H2,1-2H3. The van der Waals surface area contributed by atoms with Crippen molar-refractivity contribution in [2.24, 2.45) is 0 Å². The Kier molecular flexibility index (Phi) is 7.29. The first kappa shape index (κ1) is 15.5. The van der Waals surface area contributed by atoms with Gasteiger partial charge in [-0.05, 0) is 37.1 Å². The Labute approximate surface area is 115 Å². The van der Waals surface area contributed by atoms with Gasteiger partial charge in [-0.25, -0.2) is 4.39 Å². The lowest BCUT2D eigenvalue weighted by molar-refractivity contribution is 0.474. The minimum Gasteiger partial charge on any atom is -0.310 e. The molecule has 3 heteroatoms. The molecule has 1 nitrogen and oxygen atoms in total. The van der Waals surface area contributed by atoms with Gasteiger partial charge in [-0.15, -0.1) is 0 Å². The van der Waals surface area contributed by atoms with Crippen molar-refractivity contribution in [3.8, 4) is 0 Å². The van der Waals surface area contributed by atoms with Crippen LogP contribution in [0.4, 0.5) is 4.39 Å². The normalized spacial score (nSPS) is 12.7. The lowest BCUT2D eigenvalue weighted by Crippen LogP contribution is -2.22. The van der Waals surface area contributed by atoms with Crippen molar-refractivity contribution in [1.82, 2.24) is 5.32 Å². The summed E-state index contributed by atoms with van der Waals surface area (Å²) in [4.78, 5) is 0. The number of halogens is 2. The third-order valence-electron chi connectivity index (χ3n) is 3.08. The summed E-state index contributed by atoms with van der Waals surface area (Å²) < 4.78 is 13.2. The molecule has 102 valence electrons. The van der Waals surface area contributed by atoms with E-state index in [2.05, 4.69) is 19.2 Å². The van der Waals surface area contributed by atoms with Gasteiger partial charge in [-0.3, -0.25) is 0 Å². The number of hydrogen-bond donors (Lipinski definition) is 1. The molecule has 0 fully saturated rings. The van der Waals surface area contributed by atoms with Gasteiger partial charge < -0.3 is 5.32 Å². The molecule has 0 bridgehead atoms. The molecular weight excluding hydrogens is 249 g/mol. The highest BCUT2D eigenvalue weighted by Crippen LogP contribution is 2.24. The summed E-state index contributed by atoms with van der Waals surface area (Å²) in [5.41, 5.74) is 1.09. The van der Waals surface area contributed by atoms with Crippen LogP contribution in [-0.2, 0) is 0 Å². The number of hydrogen-bond acceptors (Lipinski definition) is 1. The molecule has 1 atom stereocenters. The van der Waals surface area contributed by atoms with Crippen molar-refractivity contribution in [2.75, 3.05) is 6.54 Å². The Balaban J connectivity index is 2.70.